The zero-order valence-corrected chi connectivity index (χ0v) is 12.1. The molecule has 1 fully saturated rings. The molecule has 6 heteroatoms. The summed E-state index contributed by atoms with van der Waals surface area (Å²) in [5.74, 6) is 0.935. The number of rotatable bonds is 4. The minimum absolute atomic E-state index is 0.0231. The monoisotopic (exact) mass is 275 g/mol. The predicted molar refractivity (Wildman–Crippen MR) is 75.1 cm³/mol. The van der Waals surface area contributed by atoms with E-state index < -0.39 is 0 Å². The lowest BCUT2D eigenvalue weighted by atomic mass is 10.2. The molecule has 20 heavy (non-hydrogen) atoms. The minimum atomic E-state index is 0.0231. The van der Waals surface area contributed by atoms with Crippen LogP contribution in [0.5, 0.6) is 0 Å². The summed E-state index contributed by atoms with van der Waals surface area (Å²) in [6.07, 6.45) is 6.05. The summed E-state index contributed by atoms with van der Waals surface area (Å²) in [5.41, 5.74) is 1.34. The largest absolute Gasteiger partial charge is 0.368 e. The van der Waals surface area contributed by atoms with Crippen molar-refractivity contribution in [2.75, 3.05) is 19.7 Å². The van der Waals surface area contributed by atoms with Crippen LogP contribution in [-0.2, 0) is 24.9 Å². The first kappa shape index (κ1) is 13.3. The number of aryl methyl sites for hydroxylation is 2. The van der Waals surface area contributed by atoms with Gasteiger partial charge in [0.15, 0.2) is 5.82 Å². The van der Waals surface area contributed by atoms with Gasteiger partial charge >= 0.3 is 0 Å². The van der Waals surface area contributed by atoms with E-state index in [0.29, 0.717) is 0 Å². The van der Waals surface area contributed by atoms with Gasteiger partial charge in [0, 0.05) is 45.6 Å². The normalized spacial score (nSPS) is 20.4. The Morgan fingerprint density at radius 1 is 1.45 bits per heavy atom. The molecule has 1 atom stereocenters. The van der Waals surface area contributed by atoms with Gasteiger partial charge in [-0.3, -0.25) is 4.90 Å². The van der Waals surface area contributed by atoms with Gasteiger partial charge in [-0.1, -0.05) is 0 Å². The molecule has 0 bridgehead atoms. The molecule has 0 amide bonds. The summed E-state index contributed by atoms with van der Waals surface area (Å²) < 4.78 is 10.0. The van der Waals surface area contributed by atoms with Crippen LogP contribution in [0.15, 0.2) is 24.8 Å². The van der Waals surface area contributed by atoms with Crippen molar-refractivity contribution in [3.8, 4) is 0 Å². The van der Waals surface area contributed by atoms with Gasteiger partial charge in [0.05, 0.1) is 6.61 Å². The molecule has 0 N–H and O–H groups in total. The fraction of sp³-hybridized carbons (Fsp3) is 0.571. The molecule has 3 rings (SSSR count). The number of nitrogens with zero attached hydrogens (tertiary/aromatic N) is 5. The molecule has 0 aromatic carbocycles. The Morgan fingerprint density at radius 2 is 2.35 bits per heavy atom. The van der Waals surface area contributed by atoms with Crippen molar-refractivity contribution in [1.29, 1.82) is 0 Å². The summed E-state index contributed by atoms with van der Waals surface area (Å²) in [4.78, 5) is 2.41. The first-order valence-corrected chi connectivity index (χ1v) is 7.08. The fourth-order valence-electron chi connectivity index (χ4n) is 2.67. The van der Waals surface area contributed by atoms with Gasteiger partial charge in [-0.25, -0.2) is 0 Å². The molecule has 3 heterocycles. The second-order valence-electron chi connectivity index (χ2n) is 5.25. The van der Waals surface area contributed by atoms with Crippen LogP contribution >= 0.6 is 0 Å². The Labute approximate surface area is 119 Å². The maximum Gasteiger partial charge on any atom is 0.163 e. The van der Waals surface area contributed by atoms with E-state index in [1.807, 2.05) is 0 Å². The van der Waals surface area contributed by atoms with Gasteiger partial charge < -0.3 is 13.9 Å². The van der Waals surface area contributed by atoms with Crippen molar-refractivity contribution in [2.45, 2.75) is 26.1 Å². The second-order valence-corrected chi connectivity index (χ2v) is 5.25. The lowest BCUT2D eigenvalue weighted by Gasteiger charge is -2.32. The zero-order valence-electron chi connectivity index (χ0n) is 12.1. The van der Waals surface area contributed by atoms with E-state index in [2.05, 4.69) is 56.7 Å². The minimum Gasteiger partial charge on any atom is -0.368 e. The average Bonchev–Trinajstić information content (AvgIpc) is 3.08. The third-order valence-corrected chi connectivity index (χ3v) is 3.72. The molecule has 0 aliphatic carbocycles. The standard InChI is InChI=1S/C14H21N5O/c1-3-19-11-15-16-14(19)13-10-18(6-7-20-13)9-12-4-5-17(2)8-12/h4-5,8,11,13H,3,6-7,9-10H2,1-2H3/t13-/m1/s1. The number of morpholine rings is 1. The third kappa shape index (κ3) is 2.76. The first-order valence-electron chi connectivity index (χ1n) is 7.08. The highest BCUT2D eigenvalue weighted by Gasteiger charge is 2.25. The van der Waals surface area contributed by atoms with E-state index in [0.717, 1.165) is 38.6 Å². The Kier molecular flexibility index (Phi) is 3.84. The van der Waals surface area contributed by atoms with Gasteiger partial charge in [-0.15, -0.1) is 10.2 Å². The van der Waals surface area contributed by atoms with Crippen LogP contribution in [0.3, 0.4) is 0 Å². The van der Waals surface area contributed by atoms with Crippen molar-refractivity contribution in [1.82, 2.24) is 24.2 Å². The van der Waals surface area contributed by atoms with Crippen LogP contribution < -0.4 is 0 Å². The molecule has 0 radical (unpaired) electrons. The zero-order chi connectivity index (χ0) is 13.9. The molecule has 2 aromatic heterocycles. The Morgan fingerprint density at radius 3 is 3.10 bits per heavy atom. The first-order chi connectivity index (χ1) is 9.76. The van der Waals surface area contributed by atoms with E-state index in [9.17, 15) is 0 Å². The summed E-state index contributed by atoms with van der Waals surface area (Å²) >= 11 is 0. The maximum absolute atomic E-state index is 5.87. The van der Waals surface area contributed by atoms with Crippen molar-refractivity contribution < 1.29 is 4.74 Å². The Hall–Kier alpha value is -1.66. The van der Waals surface area contributed by atoms with E-state index in [1.54, 1.807) is 6.33 Å². The molecule has 1 aliphatic rings. The summed E-state index contributed by atoms with van der Waals surface area (Å²) in [5, 5.41) is 8.21. The van der Waals surface area contributed by atoms with E-state index >= 15 is 0 Å². The molecule has 0 spiro atoms. The quantitative estimate of drug-likeness (QED) is 0.841. The van der Waals surface area contributed by atoms with Crippen LogP contribution in [0.2, 0.25) is 0 Å². The van der Waals surface area contributed by atoms with Crippen LogP contribution in [0.25, 0.3) is 0 Å². The van der Waals surface area contributed by atoms with Crippen LogP contribution in [0.1, 0.15) is 24.4 Å². The highest BCUT2D eigenvalue weighted by Crippen LogP contribution is 2.21. The molecule has 0 saturated carbocycles. The number of ether oxygens (including phenoxy) is 1. The molecule has 6 nitrogen and oxygen atoms in total. The third-order valence-electron chi connectivity index (χ3n) is 3.72. The summed E-state index contributed by atoms with van der Waals surface area (Å²) in [7, 11) is 2.05. The SMILES string of the molecule is CCn1cnnc1[C@H]1CN(Cc2ccn(C)c2)CCO1. The van der Waals surface area contributed by atoms with Crippen molar-refractivity contribution in [3.05, 3.63) is 36.2 Å². The molecule has 1 saturated heterocycles. The van der Waals surface area contributed by atoms with Gasteiger partial charge in [0.2, 0.25) is 0 Å². The van der Waals surface area contributed by atoms with E-state index in [1.165, 1.54) is 5.56 Å². The topological polar surface area (TPSA) is 48.1 Å². The van der Waals surface area contributed by atoms with Crippen LogP contribution in [0.4, 0.5) is 0 Å². The molecular formula is C14H21N5O. The van der Waals surface area contributed by atoms with Gasteiger partial charge in [-0.05, 0) is 18.6 Å². The number of aromatic nitrogens is 4. The molecular weight excluding hydrogens is 254 g/mol. The van der Waals surface area contributed by atoms with Gasteiger partial charge in [0.25, 0.3) is 0 Å². The van der Waals surface area contributed by atoms with Crippen LogP contribution in [0, 0.1) is 0 Å². The summed E-state index contributed by atoms with van der Waals surface area (Å²) in [6, 6.07) is 2.17. The average molecular weight is 275 g/mol. The van der Waals surface area contributed by atoms with Crippen molar-refractivity contribution >= 4 is 0 Å². The smallest absolute Gasteiger partial charge is 0.163 e. The van der Waals surface area contributed by atoms with Gasteiger partial charge in [0.1, 0.15) is 12.4 Å². The van der Waals surface area contributed by atoms with E-state index in [-0.39, 0.29) is 6.10 Å². The maximum atomic E-state index is 5.87. The molecule has 1 aliphatic heterocycles. The Bertz CT molecular complexity index is 561. The Balaban J connectivity index is 1.67. The highest BCUT2D eigenvalue weighted by molar-refractivity contribution is 5.10. The van der Waals surface area contributed by atoms with Gasteiger partial charge in [-0.2, -0.15) is 0 Å². The second kappa shape index (κ2) is 5.76. The fourth-order valence-corrected chi connectivity index (χ4v) is 2.67. The summed E-state index contributed by atoms with van der Waals surface area (Å²) in [6.45, 7) is 6.51. The molecule has 0 unspecified atom stereocenters. The number of hydrogen-bond donors (Lipinski definition) is 0. The lowest BCUT2D eigenvalue weighted by molar-refractivity contribution is -0.0388. The molecule has 2 aromatic rings. The lowest BCUT2D eigenvalue weighted by Crippen LogP contribution is -2.38. The van der Waals surface area contributed by atoms with Crippen LogP contribution in [-0.4, -0.2) is 43.9 Å². The van der Waals surface area contributed by atoms with Crippen molar-refractivity contribution in [2.24, 2.45) is 7.05 Å². The van der Waals surface area contributed by atoms with E-state index in [4.69, 9.17) is 4.74 Å². The van der Waals surface area contributed by atoms with Crippen molar-refractivity contribution in [3.63, 3.8) is 0 Å². The molecule has 108 valence electrons. The number of hydrogen-bond acceptors (Lipinski definition) is 4. The predicted octanol–water partition coefficient (Wildman–Crippen LogP) is 1.21. The highest BCUT2D eigenvalue weighted by atomic mass is 16.5.